The zero-order valence-corrected chi connectivity index (χ0v) is 10.3. The van der Waals surface area contributed by atoms with E-state index < -0.39 is 0 Å². The molecule has 2 rings (SSSR count). The Morgan fingerprint density at radius 2 is 1.80 bits per heavy atom. The van der Waals surface area contributed by atoms with Gasteiger partial charge in [0, 0.05) is 6.04 Å². The maximum atomic E-state index is 5.80. The molecule has 15 heavy (non-hydrogen) atoms. The summed E-state index contributed by atoms with van der Waals surface area (Å²) in [6, 6.07) is 0.574. The van der Waals surface area contributed by atoms with Crippen molar-refractivity contribution >= 4 is 0 Å². The van der Waals surface area contributed by atoms with Crippen LogP contribution in [0.5, 0.6) is 0 Å². The van der Waals surface area contributed by atoms with Crippen LogP contribution in [0.3, 0.4) is 0 Å². The molecule has 0 aromatic heterocycles. The fraction of sp³-hybridized carbons (Fsp3) is 1.00. The topological polar surface area (TPSA) is 38.0 Å². The summed E-state index contributed by atoms with van der Waals surface area (Å²) < 4.78 is 0. The average Bonchev–Trinajstić information content (AvgIpc) is 2.78. The van der Waals surface area contributed by atoms with Crippen molar-refractivity contribution in [1.82, 2.24) is 5.43 Å². The second-order valence-electron chi connectivity index (χ2n) is 6.22. The van der Waals surface area contributed by atoms with Crippen LogP contribution < -0.4 is 11.3 Å². The summed E-state index contributed by atoms with van der Waals surface area (Å²) in [4.78, 5) is 0. The van der Waals surface area contributed by atoms with E-state index in [1.807, 2.05) is 0 Å². The lowest BCUT2D eigenvalue weighted by molar-refractivity contribution is 0.154. The maximum Gasteiger partial charge on any atom is 0.0272 e. The molecule has 2 atom stereocenters. The van der Waals surface area contributed by atoms with Gasteiger partial charge < -0.3 is 0 Å². The van der Waals surface area contributed by atoms with Gasteiger partial charge in [-0.05, 0) is 42.9 Å². The SMILES string of the molecule is CC1(C)CCCC1C(NN)C1CCCC1. The molecule has 0 saturated heterocycles. The molecule has 2 aliphatic carbocycles. The number of hydrogen-bond acceptors (Lipinski definition) is 2. The maximum absolute atomic E-state index is 5.80. The molecule has 0 heterocycles. The van der Waals surface area contributed by atoms with Gasteiger partial charge in [-0.1, -0.05) is 33.1 Å². The zero-order chi connectivity index (χ0) is 10.9. The van der Waals surface area contributed by atoms with Gasteiger partial charge in [0.25, 0.3) is 0 Å². The Morgan fingerprint density at radius 1 is 1.13 bits per heavy atom. The second kappa shape index (κ2) is 4.42. The van der Waals surface area contributed by atoms with Crippen LogP contribution in [0.2, 0.25) is 0 Å². The minimum absolute atomic E-state index is 0.500. The normalized spacial score (nSPS) is 33.4. The Kier molecular flexibility index (Phi) is 3.36. The van der Waals surface area contributed by atoms with E-state index in [9.17, 15) is 0 Å². The van der Waals surface area contributed by atoms with Crippen LogP contribution in [-0.2, 0) is 0 Å². The summed E-state index contributed by atoms with van der Waals surface area (Å²) in [6.45, 7) is 4.84. The molecule has 2 saturated carbocycles. The molecule has 2 nitrogen and oxygen atoms in total. The highest BCUT2D eigenvalue weighted by atomic mass is 15.2. The van der Waals surface area contributed by atoms with E-state index in [1.165, 1.54) is 44.9 Å². The third kappa shape index (κ3) is 2.21. The predicted octanol–water partition coefficient (Wildman–Crippen LogP) is 2.83. The Hall–Kier alpha value is -0.0800. The molecule has 2 unspecified atom stereocenters. The van der Waals surface area contributed by atoms with Crippen LogP contribution in [0.4, 0.5) is 0 Å². The fourth-order valence-corrected chi connectivity index (χ4v) is 3.92. The Morgan fingerprint density at radius 3 is 2.27 bits per heavy atom. The summed E-state index contributed by atoms with van der Waals surface area (Å²) in [5.41, 5.74) is 3.64. The molecule has 0 radical (unpaired) electrons. The van der Waals surface area contributed by atoms with Gasteiger partial charge in [-0.2, -0.15) is 0 Å². The number of hydrazine groups is 1. The fourth-order valence-electron chi connectivity index (χ4n) is 3.92. The van der Waals surface area contributed by atoms with Gasteiger partial charge in [0.05, 0.1) is 0 Å². The van der Waals surface area contributed by atoms with Crippen molar-refractivity contribution < 1.29 is 0 Å². The second-order valence-corrected chi connectivity index (χ2v) is 6.22. The monoisotopic (exact) mass is 210 g/mol. The molecule has 2 fully saturated rings. The molecule has 2 heteroatoms. The van der Waals surface area contributed by atoms with Crippen molar-refractivity contribution in [2.24, 2.45) is 23.1 Å². The van der Waals surface area contributed by atoms with Crippen molar-refractivity contribution in [3.8, 4) is 0 Å². The van der Waals surface area contributed by atoms with Crippen LogP contribution in [0.25, 0.3) is 0 Å². The van der Waals surface area contributed by atoms with E-state index in [-0.39, 0.29) is 0 Å². The first kappa shape index (κ1) is 11.4. The largest absolute Gasteiger partial charge is 0.271 e. The van der Waals surface area contributed by atoms with E-state index in [4.69, 9.17) is 5.84 Å². The predicted molar refractivity (Wildman–Crippen MR) is 64.2 cm³/mol. The number of rotatable bonds is 3. The highest BCUT2D eigenvalue weighted by Gasteiger charge is 2.42. The van der Waals surface area contributed by atoms with Gasteiger partial charge in [-0.15, -0.1) is 0 Å². The zero-order valence-electron chi connectivity index (χ0n) is 10.3. The molecule has 88 valence electrons. The van der Waals surface area contributed by atoms with Crippen molar-refractivity contribution in [2.45, 2.75) is 64.8 Å². The Balaban J connectivity index is 2.05. The number of hydrogen-bond donors (Lipinski definition) is 2. The van der Waals surface area contributed by atoms with Crippen LogP contribution in [0.15, 0.2) is 0 Å². The molecule has 0 aromatic rings. The molecule has 0 aliphatic heterocycles. The van der Waals surface area contributed by atoms with Gasteiger partial charge in [0.2, 0.25) is 0 Å². The molecule has 0 bridgehead atoms. The molecule has 3 N–H and O–H groups in total. The summed E-state index contributed by atoms with van der Waals surface area (Å²) >= 11 is 0. The van der Waals surface area contributed by atoms with E-state index in [2.05, 4.69) is 19.3 Å². The summed E-state index contributed by atoms with van der Waals surface area (Å²) in [6.07, 6.45) is 9.75. The lowest BCUT2D eigenvalue weighted by atomic mass is 9.73. The van der Waals surface area contributed by atoms with E-state index in [0.717, 1.165) is 11.8 Å². The molecule has 0 amide bonds. The Bertz CT molecular complexity index is 207. The number of nitrogens with one attached hydrogen (secondary N) is 1. The van der Waals surface area contributed by atoms with E-state index in [1.54, 1.807) is 0 Å². The molecule has 0 aromatic carbocycles. The van der Waals surface area contributed by atoms with Crippen LogP contribution in [-0.4, -0.2) is 6.04 Å². The quantitative estimate of drug-likeness (QED) is 0.555. The minimum Gasteiger partial charge on any atom is -0.271 e. The lowest BCUT2D eigenvalue weighted by Crippen LogP contribution is -2.48. The highest BCUT2D eigenvalue weighted by molar-refractivity contribution is 4.95. The van der Waals surface area contributed by atoms with Crippen LogP contribution in [0.1, 0.15) is 58.8 Å². The first-order valence-electron chi connectivity index (χ1n) is 6.61. The third-order valence-electron chi connectivity index (χ3n) is 4.87. The van der Waals surface area contributed by atoms with Crippen molar-refractivity contribution in [3.05, 3.63) is 0 Å². The van der Waals surface area contributed by atoms with Gasteiger partial charge in [0.15, 0.2) is 0 Å². The standard InChI is InChI=1S/C13H26N2/c1-13(2)9-5-8-11(13)12(15-14)10-6-3-4-7-10/h10-12,15H,3-9,14H2,1-2H3. The first-order valence-corrected chi connectivity index (χ1v) is 6.61. The minimum atomic E-state index is 0.500. The molecule has 2 aliphatic rings. The molecule has 0 spiro atoms. The van der Waals surface area contributed by atoms with Crippen molar-refractivity contribution in [1.29, 1.82) is 0 Å². The van der Waals surface area contributed by atoms with Crippen molar-refractivity contribution in [3.63, 3.8) is 0 Å². The smallest absolute Gasteiger partial charge is 0.0272 e. The molecular formula is C13H26N2. The highest BCUT2D eigenvalue weighted by Crippen LogP contribution is 2.47. The summed E-state index contributed by atoms with van der Waals surface area (Å²) in [5, 5.41) is 0. The average molecular weight is 210 g/mol. The van der Waals surface area contributed by atoms with Gasteiger partial charge in [-0.3, -0.25) is 11.3 Å². The van der Waals surface area contributed by atoms with Gasteiger partial charge in [-0.25, -0.2) is 0 Å². The van der Waals surface area contributed by atoms with Gasteiger partial charge >= 0.3 is 0 Å². The summed E-state index contributed by atoms with van der Waals surface area (Å²) in [7, 11) is 0. The van der Waals surface area contributed by atoms with Gasteiger partial charge in [0.1, 0.15) is 0 Å². The Labute approximate surface area is 94.0 Å². The summed E-state index contributed by atoms with van der Waals surface area (Å²) in [5.74, 6) is 7.45. The van der Waals surface area contributed by atoms with E-state index in [0.29, 0.717) is 11.5 Å². The lowest BCUT2D eigenvalue weighted by Gasteiger charge is -2.37. The first-order chi connectivity index (χ1) is 7.15. The number of nitrogens with two attached hydrogens (primary N) is 1. The third-order valence-corrected chi connectivity index (χ3v) is 4.87. The van der Waals surface area contributed by atoms with Crippen molar-refractivity contribution in [2.75, 3.05) is 0 Å². The van der Waals surface area contributed by atoms with E-state index >= 15 is 0 Å². The van der Waals surface area contributed by atoms with Crippen LogP contribution >= 0.6 is 0 Å². The van der Waals surface area contributed by atoms with Crippen LogP contribution in [0, 0.1) is 17.3 Å². The molecular weight excluding hydrogens is 184 g/mol.